The molecule has 0 saturated heterocycles. The fourth-order valence-corrected chi connectivity index (χ4v) is 2.08. The molecule has 3 N–H and O–H groups in total. The molecule has 6 nitrogen and oxygen atoms in total. The lowest BCUT2D eigenvalue weighted by Gasteiger charge is -2.08. The summed E-state index contributed by atoms with van der Waals surface area (Å²) in [7, 11) is 0. The molecule has 0 fully saturated rings. The zero-order valence-corrected chi connectivity index (χ0v) is 11.5. The van der Waals surface area contributed by atoms with E-state index in [0.29, 0.717) is 12.2 Å². The Balaban J connectivity index is 2.74. The maximum absolute atomic E-state index is 11.1. The molecule has 0 radical (unpaired) electrons. The Labute approximate surface area is 115 Å². The quantitative estimate of drug-likeness (QED) is 0.433. The molecular formula is C12H17N3O3S. The van der Waals surface area contributed by atoms with Crippen molar-refractivity contribution in [3.8, 4) is 0 Å². The maximum Gasteiger partial charge on any atom is 0.292 e. The Hall–Kier alpha value is -1.76. The Morgan fingerprint density at radius 2 is 2.21 bits per heavy atom. The summed E-state index contributed by atoms with van der Waals surface area (Å²) < 4.78 is 0. The summed E-state index contributed by atoms with van der Waals surface area (Å²) >= 11 is 1.77. The van der Waals surface area contributed by atoms with Crippen molar-refractivity contribution in [2.45, 2.75) is 12.8 Å². The van der Waals surface area contributed by atoms with E-state index < -0.39 is 10.8 Å². The van der Waals surface area contributed by atoms with Crippen LogP contribution in [0.5, 0.6) is 0 Å². The highest BCUT2D eigenvalue weighted by Gasteiger charge is 2.15. The van der Waals surface area contributed by atoms with Gasteiger partial charge in [-0.3, -0.25) is 14.9 Å². The number of rotatable bonds is 8. The molecule has 0 aliphatic heterocycles. The fourth-order valence-electron chi connectivity index (χ4n) is 1.58. The van der Waals surface area contributed by atoms with Crippen LogP contribution < -0.4 is 11.1 Å². The molecule has 0 aliphatic carbocycles. The summed E-state index contributed by atoms with van der Waals surface area (Å²) in [5.41, 5.74) is 5.72. The van der Waals surface area contributed by atoms with Crippen LogP contribution in [0.25, 0.3) is 0 Å². The van der Waals surface area contributed by atoms with Gasteiger partial charge in [0.05, 0.1) is 4.92 Å². The number of nitrogens with zero attached hydrogens (tertiary/aromatic N) is 1. The number of nitro benzene ring substituents is 1. The number of primary amides is 1. The number of carbonyl (C=O) groups excluding carboxylic acids is 1. The average molecular weight is 283 g/mol. The van der Waals surface area contributed by atoms with Crippen molar-refractivity contribution in [1.82, 2.24) is 0 Å². The van der Waals surface area contributed by atoms with Crippen molar-refractivity contribution in [2.24, 2.45) is 5.73 Å². The Morgan fingerprint density at radius 1 is 1.47 bits per heavy atom. The van der Waals surface area contributed by atoms with Crippen LogP contribution in [0.3, 0.4) is 0 Å². The van der Waals surface area contributed by atoms with Crippen molar-refractivity contribution in [2.75, 3.05) is 23.9 Å². The number of unbranched alkanes of at least 4 members (excludes halogenated alkanes) is 1. The summed E-state index contributed by atoms with van der Waals surface area (Å²) in [6.45, 7) is 0.629. The second-order valence-corrected chi connectivity index (χ2v) is 4.97. The summed E-state index contributed by atoms with van der Waals surface area (Å²) in [4.78, 5) is 21.5. The molecule has 0 atom stereocenters. The predicted molar refractivity (Wildman–Crippen MR) is 77.7 cm³/mol. The largest absolute Gasteiger partial charge is 0.379 e. The van der Waals surface area contributed by atoms with Crippen LogP contribution in [-0.2, 0) is 0 Å². The van der Waals surface area contributed by atoms with E-state index in [9.17, 15) is 14.9 Å². The van der Waals surface area contributed by atoms with Crippen molar-refractivity contribution in [3.63, 3.8) is 0 Å². The van der Waals surface area contributed by atoms with E-state index >= 15 is 0 Å². The van der Waals surface area contributed by atoms with E-state index in [2.05, 4.69) is 5.32 Å². The molecule has 7 heteroatoms. The van der Waals surface area contributed by atoms with E-state index in [-0.39, 0.29) is 11.3 Å². The van der Waals surface area contributed by atoms with Crippen LogP contribution in [0.1, 0.15) is 23.2 Å². The highest BCUT2D eigenvalue weighted by molar-refractivity contribution is 7.98. The first-order chi connectivity index (χ1) is 9.06. The number of anilines is 1. The number of nitro groups is 1. The van der Waals surface area contributed by atoms with Crippen molar-refractivity contribution in [3.05, 3.63) is 33.9 Å². The van der Waals surface area contributed by atoms with Gasteiger partial charge in [-0.2, -0.15) is 11.8 Å². The van der Waals surface area contributed by atoms with Gasteiger partial charge in [0.1, 0.15) is 5.69 Å². The van der Waals surface area contributed by atoms with Crippen LogP contribution in [-0.4, -0.2) is 29.4 Å². The molecule has 1 rings (SSSR count). The molecule has 1 amide bonds. The summed E-state index contributed by atoms with van der Waals surface area (Å²) in [6.07, 6.45) is 3.99. The minimum Gasteiger partial charge on any atom is -0.379 e. The van der Waals surface area contributed by atoms with Gasteiger partial charge in [-0.25, -0.2) is 0 Å². The average Bonchev–Trinajstić information content (AvgIpc) is 2.38. The third kappa shape index (κ3) is 4.78. The lowest BCUT2D eigenvalue weighted by molar-refractivity contribution is -0.384. The second kappa shape index (κ2) is 7.63. The number of nitrogens with one attached hydrogen (secondary N) is 1. The smallest absolute Gasteiger partial charge is 0.292 e. The fraction of sp³-hybridized carbons (Fsp3) is 0.417. The normalized spacial score (nSPS) is 10.2. The zero-order valence-electron chi connectivity index (χ0n) is 10.7. The minimum absolute atomic E-state index is 0.0464. The van der Waals surface area contributed by atoms with Gasteiger partial charge in [-0.1, -0.05) is 0 Å². The number of thioether (sulfide) groups is 1. The molecule has 0 unspecified atom stereocenters. The monoisotopic (exact) mass is 283 g/mol. The molecule has 0 aromatic heterocycles. The summed E-state index contributed by atoms with van der Waals surface area (Å²) in [6, 6.07) is 4.08. The third-order valence-corrected chi connectivity index (χ3v) is 3.27. The molecule has 0 aliphatic rings. The van der Waals surface area contributed by atoms with Crippen LogP contribution in [0.4, 0.5) is 11.4 Å². The molecule has 1 aromatic carbocycles. The maximum atomic E-state index is 11.1. The molecular weight excluding hydrogens is 266 g/mol. The topological polar surface area (TPSA) is 98.3 Å². The predicted octanol–water partition coefficient (Wildman–Crippen LogP) is 2.25. The molecule has 0 bridgehead atoms. The zero-order chi connectivity index (χ0) is 14.3. The van der Waals surface area contributed by atoms with Crippen LogP contribution in [0, 0.1) is 10.1 Å². The van der Waals surface area contributed by atoms with Crippen molar-refractivity contribution >= 4 is 29.0 Å². The second-order valence-electron chi connectivity index (χ2n) is 3.98. The molecule has 1 aromatic rings. The number of carbonyl (C=O) groups is 1. The number of hydrogen-bond acceptors (Lipinski definition) is 5. The first-order valence-corrected chi connectivity index (χ1v) is 7.26. The molecule has 0 saturated carbocycles. The number of amides is 1. The summed E-state index contributed by atoms with van der Waals surface area (Å²) in [5.74, 6) is 0.464. The summed E-state index contributed by atoms with van der Waals surface area (Å²) in [5, 5.41) is 13.9. The van der Waals surface area contributed by atoms with Gasteiger partial charge in [0.25, 0.3) is 5.69 Å². The highest BCUT2D eigenvalue weighted by atomic mass is 32.2. The van der Waals surface area contributed by atoms with E-state index in [0.717, 1.165) is 18.6 Å². The van der Waals surface area contributed by atoms with E-state index in [4.69, 9.17) is 5.73 Å². The first kappa shape index (κ1) is 15.3. The van der Waals surface area contributed by atoms with E-state index in [1.165, 1.54) is 18.2 Å². The molecule has 0 heterocycles. The van der Waals surface area contributed by atoms with Gasteiger partial charge in [0, 0.05) is 18.2 Å². The molecule has 19 heavy (non-hydrogen) atoms. The van der Waals surface area contributed by atoms with Gasteiger partial charge in [-0.05, 0) is 37.0 Å². The van der Waals surface area contributed by atoms with Gasteiger partial charge in [0.15, 0.2) is 0 Å². The van der Waals surface area contributed by atoms with Crippen LogP contribution in [0.15, 0.2) is 18.2 Å². The van der Waals surface area contributed by atoms with Crippen molar-refractivity contribution < 1.29 is 9.72 Å². The lowest BCUT2D eigenvalue weighted by atomic mass is 10.1. The van der Waals surface area contributed by atoms with Gasteiger partial charge >= 0.3 is 0 Å². The Kier molecular flexibility index (Phi) is 6.14. The van der Waals surface area contributed by atoms with E-state index in [1.54, 1.807) is 11.8 Å². The number of hydrogen-bond donors (Lipinski definition) is 2. The van der Waals surface area contributed by atoms with E-state index in [1.807, 2.05) is 6.26 Å². The molecule has 0 spiro atoms. The van der Waals surface area contributed by atoms with Crippen LogP contribution in [0.2, 0.25) is 0 Å². The SMILES string of the molecule is CSCCCCNc1cc(C(N)=O)ccc1[N+](=O)[O-]. The molecule has 104 valence electrons. The van der Waals surface area contributed by atoms with Crippen LogP contribution >= 0.6 is 11.8 Å². The highest BCUT2D eigenvalue weighted by Crippen LogP contribution is 2.25. The first-order valence-electron chi connectivity index (χ1n) is 5.87. The third-order valence-electron chi connectivity index (χ3n) is 2.57. The standard InChI is InChI=1S/C12H17N3O3S/c1-19-7-3-2-6-14-10-8-9(12(13)16)4-5-11(10)15(17)18/h4-5,8,14H,2-3,6-7H2,1H3,(H2,13,16). The van der Waals surface area contributed by atoms with Gasteiger partial charge < -0.3 is 11.1 Å². The lowest BCUT2D eigenvalue weighted by Crippen LogP contribution is -2.12. The Bertz CT molecular complexity index is 466. The van der Waals surface area contributed by atoms with Crippen molar-refractivity contribution in [1.29, 1.82) is 0 Å². The van der Waals surface area contributed by atoms with Gasteiger partial charge in [-0.15, -0.1) is 0 Å². The number of nitrogens with two attached hydrogens (primary N) is 1. The number of benzene rings is 1. The Morgan fingerprint density at radius 3 is 2.79 bits per heavy atom. The minimum atomic E-state index is -0.597. The van der Waals surface area contributed by atoms with Gasteiger partial charge in [0.2, 0.25) is 5.91 Å².